The molecule has 10 heteroatoms. The summed E-state index contributed by atoms with van der Waals surface area (Å²) in [7, 11) is 0. The zero-order chi connectivity index (χ0) is 25.4. The average molecular weight is 517 g/mol. The van der Waals surface area contributed by atoms with E-state index in [2.05, 4.69) is 0 Å². The monoisotopic (exact) mass is 516 g/mol. The van der Waals surface area contributed by atoms with Gasteiger partial charge in [0, 0.05) is 35.8 Å². The van der Waals surface area contributed by atoms with Crippen LogP contribution in [0.15, 0.2) is 54.6 Å². The molecule has 3 heterocycles. The summed E-state index contributed by atoms with van der Waals surface area (Å²) in [5, 5.41) is 8.99. The van der Waals surface area contributed by atoms with Crippen molar-refractivity contribution in [3.8, 4) is 16.9 Å². The molecule has 1 fully saturated rings. The van der Waals surface area contributed by atoms with Gasteiger partial charge in [0.2, 0.25) is 5.91 Å². The Morgan fingerprint density at radius 1 is 1.08 bits per heavy atom. The van der Waals surface area contributed by atoms with Gasteiger partial charge in [-0.1, -0.05) is 30.3 Å². The number of benzene rings is 2. The Labute approximate surface area is 209 Å². The Kier molecular flexibility index (Phi) is 6.48. The molecule has 3 aromatic rings. The molecule has 0 saturated carbocycles. The molecule has 1 saturated heterocycles. The number of carbonyl (C=O) groups is 2. The van der Waals surface area contributed by atoms with Gasteiger partial charge in [0.25, 0.3) is 0 Å². The molecule has 5 rings (SSSR count). The lowest BCUT2D eigenvalue weighted by atomic mass is 10.0. The fraction of sp³-hybridized carbons (Fsp3) is 0.308. The van der Waals surface area contributed by atoms with Crippen LogP contribution < -0.4 is 9.64 Å². The molecule has 2 aliphatic rings. The summed E-state index contributed by atoms with van der Waals surface area (Å²) in [5.41, 5.74) is 2.36. The van der Waals surface area contributed by atoms with E-state index in [-0.39, 0.29) is 24.6 Å². The van der Waals surface area contributed by atoms with Gasteiger partial charge in [0.15, 0.2) is 0 Å². The number of anilines is 1. The van der Waals surface area contributed by atoms with Gasteiger partial charge in [-0.25, -0.2) is 0 Å². The number of fused-ring (bicyclic) bond motifs is 1. The van der Waals surface area contributed by atoms with Crippen LogP contribution in [0.2, 0.25) is 0 Å². The highest BCUT2D eigenvalue weighted by molar-refractivity contribution is 7.12. The van der Waals surface area contributed by atoms with Crippen LogP contribution in [-0.2, 0) is 28.8 Å². The molecular formula is C26H23F3N2O4S. The van der Waals surface area contributed by atoms with Gasteiger partial charge in [0.05, 0.1) is 12.5 Å². The maximum Gasteiger partial charge on any atom is 0.426 e. The third-order valence-electron chi connectivity index (χ3n) is 6.42. The Bertz CT molecular complexity index is 1290. The van der Waals surface area contributed by atoms with Crippen LogP contribution in [-0.4, -0.2) is 48.1 Å². The van der Waals surface area contributed by atoms with Crippen LogP contribution in [0.25, 0.3) is 11.1 Å². The maximum absolute atomic E-state index is 13.6. The van der Waals surface area contributed by atoms with E-state index in [1.807, 2.05) is 11.0 Å². The lowest BCUT2D eigenvalue weighted by Crippen LogP contribution is -2.53. The third kappa shape index (κ3) is 4.96. The van der Waals surface area contributed by atoms with Crippen LogP contribution in [0.5, 0.6) is 5.75 Å². The molecule has 0 atom stereocenters. The van der Waals surface area contributed by atoms with Crippen LogP contribution in [0.3, 0.4) is 0 Å². The minimum Gasteiger partial charge on any atom is -0.488 e. The lowest BCUT2D eigenvalue weighted by molar-refractivity contribution is -0.148. The molecule has 1 amide bonds. The van der Waals surface area contributed by atoms with Crippen molar-refractivity contribution < 1.29 is 32.6 Å². The van der Waals surface area contributed by atoms with E-state index in [1.54, 1.807) is 47.4 Å². The summed E-state index contributed by atoms with van der Waals surface area (Å²) in [6.07, 6.45) is -3.81. The van der Waals surface area contributed by atoms with Crippen LogP contribution in [0.4, 0.5) is 18.9 Å². The van der Waals surface area contributed by atoms with Gasteiger partial charge in [-0.05, 0) is 41.8 Å². The van der Waals surface area contributed by atoms with Crippen molar-refractivity contribution in [1.29, 1.82) is 0 Å². The minimum absolute atomic E-state index is 0.00170. The van der Waals surface area contributed by atoms with Gasteiger partial charge in [-0.3, -0.25) is 14.5 Å². The number of hydrogen-bond acceptors (Lipinski definition) is 5. The smallest absolute Gasteiger partial charge is 0.426 e. The van der Waals surface area contributed by atoms with Crippen LogP contribution in [0.1, 0.15) is 15.3 Å². The topological polar surface area (TPSA) is 70.1 Å². The number of alkyl halides is 3. The quantitative estimate of drug-likeness (QED) is 0.483. The van der Waals surface area contributed by atoms with Crippen molar-refractivity contribution in [2.75, 3.05) is 31.1 Å². The standard InChI is InChI=1S/C26H23F3N2O4S/c27-26(28,29)24-21(16-4-2-1-3-5-16)11-20(36-24)15-35-19-6-7-22-17(10-19)8-9-31(22)23(32)14-30-12-18(13-30)25(33)34/h1-7,10-11,18H,8-9,12-15H2,(H,33,34). The van der Waals surface area contributed by atoms with E-state index in [9.17, 15) is 22.8 Å². The molecular weight excluding hydrogens is 493 g/mol. The zero-order valence-corrected chi connectivity index (χ0v) is 19.9. The number of nitrogens with zero attached hydrogens (tertiary/aromatic N) is 2. The first-order chi connectivity index (χ1) is 17.2. The number of carboxylic acids is 1. The predicted molar refractivity (Wildman–Crippen MR) is 129 cm³/mol. The number of hydrogen-bond donors (Lipinski definition) is 1. The second kappa shape index (κ2) is 9.59. The van der Waals surface area contributed by atoms with Crippen molar-refractivity contribution in [3.05, 3.63) is 69.9 Å². The molecule has 0 radical (unpaired) electrons. The summed E-state index contributed by atoms with van der Waals surface area (Å²) >= 11 is 0.681. The van der Waals surface area contributed by atoms with Crippen LogP contribution >= 0.6 is 11.3 Å². The molecule has 0 aliphatic carbocycles. The van der Waals surface area contributed by atoms with Crippen LogP contribution in [0, 0.1) is 5.92 Å². The van der Waals surface area contributed by atoms with E-state index in [0.29, 0.717) is 53.6 Å². The van der Waals surface area contributed by atoms with Gasteiger partial charge in [-0.2, -0.15) is 13.2 Å². The van der Waals surface area contributed by atoms with Crippen molar-refractivity contribution >= 4 is 28.9 Å². The first kappa shape index (κ1) is 24.3. The highest BCUT2D eigenvalue weighted by Crippen LogP contribution is 2.43. The minimum atomic E-state index is -4.46. The molecule has 1 N–H and O–H groups in total. The highest BCUT2D eigenvalue weighted by atomic mass is 32.1. The number of amides is 1. The number of aliphatic carboxylic acids is 1. The van der Waals surface area contributed by atoms with Gasteiger partial charge in [-0.15, -0.1) is 11.3 Å². The zero-order valence-electron chi connectivity index (χ0n) is 19.1. The number of halogens is 3. The van der Waals surface area contributed by atoms with Crippen molar-refractivity contribution in [2.24, 2.45) is 5.92 Å². The second-order valence-electron chi connectivity index (χ2n) is 8.92. The fourth-order valence-corrected chi connectivity index (χ4v) is 5.53. The maximum atomic E-state index is 13.6. The Hall–Kier alpha value is -3.37. The average Bonchev–Trinajstić information content (AvgIpc) is 3.44. The molecule has 1 aromatic heterocycles. The highest BCUT2D eigenvalue weighted by Gasteiger charge is 2.37. The van der Waals surface area contributed by atoms with Gasteiger partial charge >= 0.3 is 12.1 Å². The van der Waals surface area contributed by atoms with Crippen molar-refractivity contribution in [3.63, 3.8) is 0 Å². The van der Waals surface area contributed by atoms with Crippen molar-refractivity contribution in [1.82, 2.24) is 4.90 Å². The summed E-state index contributed by atoms with van der Waals surface area (Å²) in [6.45, 7) is 1.44. The lowest BCUT2D eigenvalue weighted by Gasteiger charge is -2.36. The number of carboxylic acid groups (broad SMARTS) is 1. The normalized spacial score (nSPS) is 16.0. The summed E-state index contributed by atoms with van der Waals surface area (Å²) < 4.78 is 46.7. The summed E-state index contributed by atoms with van der Waals surface area (Å²) in [6, 6.07) is 15.3. The number of ether oxygens (including phenoxy) is 1. The number of carbonyl (C=O) groups excluding carboxylic acids is 1. The molecule has 36 heavy (non-hydrogen) atoms. The largest absolute Gasteiger partial charge is 0.488 e. The molecule has 0 unspecified atom stereocenters. The van der Waals surface area contributed by atoms with E-state index >= 15 is 0 Å². The third-order valence-corrected chi connectivity index (χ3v) is 7.57. The molecule has 2 aromatic carbocycles. The Morgan fingerprint density at radius 2 is 1.83 bits per heavy atom. The number of thiophene rings is 1. The number of rotatable bonds is 7. The Balaban J connectivity index is 1.24. The van der Waals surface area contributed by atoms with E-state index in [0.717, 1.165) is 11.3 Å². The molecule has 2 aliphatic heterocycles. The SMILES string of the molecule is O=C(O)C1CN(CC(=O)N2CCc3cc(OCc4cc(-c5ccccc5)c(C(F)(F)F)s4)ccc32)C1. The van der Waals surface area contributed by atoms with E-state index in [1.165, 1.54) is 6.07 Å². The fourth-order valence-electron chi connectivity index (χ4n) is 4.57. The molecule has 0 bridgehead atoms. The van der Waals surface area contributed by atoms with Gasteiger partial charge in [0.1, 0.15) is 17.2 Å². The molecule has 6 nitrogen and oxygen atoms in total. The Morgan fingerprint density at radius 3 is 2.53 bits per heavy atom. The van der Waals surface area contributed by atoms with E-state index < -0.39 is 22.9 Å². The van der Waals surface area contributed by atoms with Gasteiger partial charge < -0.3 is 14.7 Å². The van der Waals surface area contributed by atoms with E-state index in [4.69, 9.17) is 9.84 Å². The molecule has 0 spiro atoms. The number of likely N-dealkylation sites (tertiary alicyclic amines) is 1. The summed E-state index contributed by atoms with van der Waals surface area (Å²) in [5.74, 6) is -0.815. The summed E-state index contributed by atoms with van der Waals surface area (Å²) in [4.78, 5) is 27.0. The predicted octanol–water partition coefficient (Wildman–Crippen LogP) is 4.92. The first-order valence-electron chi connectivity index (χ1n) is 11.5. The first-order valence-corrected chi connectivity index (χ1v) is 12.3. The molecule has 188 valence electrons. The van der Waals surface area contributed by atoms with Crippen molar-refractivity contribution in [2.45, 2.75) is 19.2 Å². The second-order valence-corrected chi connectivity index (χ2v) is 10.1.